The maximum absolute atomic E-state index is 12.5. The Balaban J connectivity index is 2.29. The van der Waals surface area contributed by atoms with Crippen molar-refractivity contribution < 1.29 is 26.7 Å². The van der Waals surface area contributed by atoms with Gasteiger partial charge in [-0.2, -0.15) is 0 Å². The lowest BCUT2D eigenvalue weighted by Crippen LogP contribution is -2.19. The fraction of sp³-hybridized carbons (Fsp3) is 0. The van der Waals surface area contributed by atoms with Crippen molar-refractivity contribution in [3.63, 3.8) is 0 Å². The first kappa shape index (κ1) is 19.8. The number of rotatable bonds is 4. The Kier molecular flexibility index (Phi) is 4.85. The number of sulfonamides is 2. The average Bonchev–Trinajstić information content (AvgIpc) is 2.60. The van der Waals surface area contributed by atoms with E-state index >= 15 is 0 Å². The van der Waals surface area contributed by atoms with E-state index in [2.05, 4.69) is 5.32 Å². The van der Waals surface area contributed by atoms with Gasteiger partial charge >= 0.3 is 0 Å². The Hall–Kier alpha value is -2.99. The zero-order chi connectivity index (χ0) is 20.7. The highest BCUT2D eigenvalue weighted by molar-refractivity contribution is 7.89. The first-order chi connectivity index (χ1) is 13.0. The minimum absolute atomic E-state index is 0.0943. The number of carbonyl (C=O) groups is 1. The third-order valence-corrected chi connectivity index (χ3v) is 5.79. The van der Waals surface area contributed by atoms with Gasteiger partial charge in [0.15, 0.2) is 0 Å². The van der Waals surface area contributed by atoms with Crippen molar-refractivity contribution in [2.24, 2.45) is 10.3 Å². The lowest BCUT2D eigenvalue weighted by molar-refractivity contribution is 0.102. The minimum Gasteiger partial charge on any atom is -0.507 e. The van der Waals surface area contributed by atoms with E-state index < -0.39 is 36.6 Å². The third kappa shape index (κ3) is 3.82. The molecule has 3 aromatic rings. The zero-order valence-corrected chi connectivity index (χ0v) is 15.8. The number of nitrogens with two attached hydrogens (primary N) is 2. The topological polar surface area (TPSA) is 170 Å². The number of hydrogen-bond donors (Lipinski definition) is 4. The number of benzene rings is 3. The Labute approximate surface area is 160 Å². The van der Waals surface area contributed by atoms with Crippen molar-refractivity contribution in [3.05, 3.63) is 60.2 Å². The first-order valence-corrected chi connectivity index (χ1v) is 10.8. The molecule has 3 rings (SSSR count). The number of primary sulfonamides is 2. The molecule has 0 fully saturated rings. The normalized spacial score (nSPS) is 12.1. The maximum atomic E-state index is 12.5. The first-order valence-electron chi connectivity index (χ1n) is 7.70. The molecule has 11 heteroatoms. The van der Waals surface area contributed by atoms with Gasteiger partial charge in [0.25, 0.3) is 5.91 Å². The summed E-state index contributed by atoms with van der Waals surface area (Å²) in [5.41, 5.74) is -0.0344. The molecule has 0 aliphatic carbocycles. The molecule has 0 saturated heterocycles. The molecule has 1 amide bonds. The SMILES string of the molecule is NS(=O)(=O)c1cc(O)c2c(NC(=O)c3ccccc3)c(S(N)(=O)=O)ccc2c1. The Morgan fingerprint density at radius 2 is 1.54 bits per heavy atom. The monoisotopic (exact) mass is 421 g/mol. The van der Waals surface area contributed by atoms with Crippen LogP contribution in [0.1, 0.15) is 10.4 Å². The number of hydrogen-bond acceptors (Lipinski definition) is 6. The molecule has 0 aliphatic rings. The highest BCUT2D eigenvalue weighted by Gasteiger charge is 2.23. The van der Waals surface area contributed by atoms with Crippen LogP contribution in [0.2, 0.25) is 0 Å². The molecule has 0 aliphatic heterocycles. The molecule has 0 radical (unpaired) electrons. The minimum atomic E-state index is -4.28. The number of anilines is 1. The van der Waals surface area contributed by atoms with Gasteiger partial charge in [0.05, 0.1) is 10.6 Å². The van der Waals surface area contributed by atoms with E-state index in [1.165, 1.54) is 18.2 Å². The molecular weight excluding hydrogens is 406 g/mol. The lowest BCUT2D eigenvalue weighted by Gasteiger charge is -2.15. The molecule has 0 heterocycles. The summed E-state index contributed by atoms with van der Waals surface area (Å²) in [6, 6.07) is 12.3. The van der Waals surface area contributed by atoms with E-state index in [-0.39, 0.29) is 26.9 Å². The quantitative estimate of drug-likeness (QED) is 0.491. The zero-order valence-electron chi connectivity index (χ0n) is 14.2. The molecule has 6 N–H and O–H groups in total. The number of phenols is 1. The summed E-state index contributed by atoms with van der Waals surface area (Å²) in [5, 5.41) is 23.2. The number of amides is 1. The molecule has 9 nitrogen and oxygen atoms in total. The molecule has 0 atom stereocenters. The predicted octanol–water partition coefficient (Wildman–Crippen LogP) is 1.09. The van der Waals surface area contributed by atoms with Crippen LogP contribution in [-0.4, -0.2) is 27.8 Å². The average molecular weight is 421 g/mol. The summed E-state index contributed by atoms with van der Waals surface area (Å²) in [6.07, 6.45) is 0. The van der Waals surface area contributed by atoms with E-state index in [1.807, 2.05) is 0 Å². The van der Waals surface area contributed by atoms with E-state index in [1.54, 1.807) is 18.2 Å². The second-order valence-corrected chi connectivity index (χ2v) is 8.98. The van der Waals surface area contributed by atoms with Crippen molar-refractivity contribution in [2.45, 2.75) is 9.79 Å². The molecular formula is C17H15N3O6S2. The summed E-state index contributed by atoms with van der Waals surface area (Å²) in [7, 11) is -8.40. The van der Waals surface area contributed by atoms with Crippen molar-refractivity contribution in [1.29, 1.82) is 0 Å². The van der Waals surface area contributed by atoms with E-state index in [0.29, 0.717) is 0 Å². The van der Waals surface area contributed by atoms with Crippen LogP contribution < -0.4 is 15.6 Å². The number of aromatic hydroxyl groups is 1. The van der Waals surface area contributed by atoms with Gasteiger partial charge in [0.2, 0.25) is 20.0 Å². The van der Waals surface area contributed by atoms with E-state index in [9.17, 15) is 26.7 Å². The second-order valence-electron chi connectivity index (χ2n) is 5.89. The van der Waals surface area contributed by atoms with Crippen LogP contribution in [0.3, 0.4) is 0 Å². The third-order valence-electron chi connectivity index (χ3n) is 3.94. The summed E-state index contributed by atoms with van der Waals surface area (Å²) in [5.74, 6) is -1.23. The van der Waals surface area contributed by atoms with Gasteiger partial charge in [-0.1, -0.05) is 24.3 Å². The van der Waals surface area contributed by atoms with Crippen LogP contribution in [0.25, 0.3) is 10.8 Å². The Morgan fingerprint density at radius 1 is 0.893 bits per heavy atom. The van der Waals surface area contributed by atoms with Gasteiger partial charge in [0.1, 0.15) is 10.6 Å². The number of nitrogens with one attached hydrogen (secondary N) is 1. The van der Waals surface area contributed by atoms with E-state index in [0.717, 1.165) is 18.2 Å². The fourth-order valence-corrected chi connectivity index (χ4v) is 3.96. The summed E-state index contributed by atoms with van der Waals surface area (Å²) in [6.45, 7) is 0. The van der Waals surface area contributed by atoms with Gasteiger partial charge in [-0.15, -0.1) is 0 Å². The van der Waals surface area contributed by atoms with Crippen LogP contribution in [0.4, 0.5) is 5.69 Å². The highest BCUT2D eigenvalue weighted by atomic mass is 32.2. The van der Waals surface area contributed by atoms with Crippen molar-refractivity contribution >= 4 is 42.4 Å². The van der Waals surface area contributed by atoms with Crippen LogP contribution in [0, 0.1) is 0 Å². The number of fused-ring (bicyclic) bond motifs is 1. The van der Waals surface area contributed by atoms with Gasteiger partial charge in [-0.05, 0) is 29.7 Å². The Bertz CT molecular complexity index is 1300. The lowest BCUT2D eigenvalue weighted by atomic mass is 10.1. The maximum Gasteiger partial charge on any atom is 0.255 e. The Morgan fingerprint density at radius 3 is 2.11 bits per heavy atom. The second kappa shape index (κ2) is 6.87. The van der Waals surface area contributed by atoms with Gasteiger partial charge in [-0.25, -0.2) is 27.1 Å². The molecule has 0 spiro atoms. The van der Waals surface area contributed by atoms with Crippen LogP contribution >= 0.6 is 0 Å². The fourth-order valence-electron chi connectivity index (χ4n) is 2.70. The largest absolute Gasteiger partial charge is 0.507 e. The van der Waals surface area contributed by atoms with Crippen LogP contribution in [0.5, 0.6) is 5.75 Å². The molecule has 28 heavy (non-hydrogen) atoms. The summed E-state index contributed by atoms with van der Waals surface area (Å²) >= 11 is 0. The van der Waals surface area contributed by atoms with Crippen molar-refractivity contribution in [2.75, 3.05) is 5.32 Å². The predicted molar refractivity (Wildman–Crippen MR) is 103 cm³/mol. The molecule has 3 aromatic carbocycles. The molecule has 0 unspecified atom stereocenters. The standard InChI is InChI=1S/C17H15N3O6S2/c18-27(23,24)12-8-11-6-7-14(28(19,25)26)16(15(11)13(21)9-12)20-17(22)10-4-2-1-3-5-10/h1-9,21H,(H,20,22)(H2,18,23,24)(H2,19,25,26). The highest BCUT2D eigenvalue weighted by Crippen LogP contribution is 2.38. The summed E-state index contributed by atoms with van der Waals surface area (Å²) in [4.78, 5) is 11.7. The van der Waals surface area contributed by atoms with Gasteiger partial charge < -0.3 is 10.4 Å². The van der Waals surface area contributed by atoms with Crippen molar-refractivity contribution in [3.8, 4) is 5.75 Å². The molecule has 0 bridgehead atoms. The number of phenolic OH excluding ortho intramolecular Hbond substituents is 1. The van der Waals surface area contributed by atoms with Crippen LogP contribution in [-0.2, 0) is 20.0 Å². The molecule has 0 saturated carbocycles. The number of carbonyl (C=O) groups excluding carboxylic acids is 1. The molecule has 146 valence electrons. The van der Waals surface area contributed by atoms with Gasteiger partial charge in [0, 0.05) is 17.0 Å². The van der Waals surface area contributed by atoms with Crippen LogP contribution in [0.15, 0.2) is 64.4 Å². The van der Waals surface area contributed by atoms with Crippen molar-refractivity contribution in [1.82, 2.24) is 0 Å². The summed E-state index contributed by atoms with van der Waals surface area (Å²) < 4.78 is 47.1. The molecule has 0 aromatic heterocycles. The van der Waals surface area contributed by atoms with Gasteiger partial charge in [-0.3, -0.25) is 4.79 Å². The smallest absolute Gasteiger partial charge is 0.255 e. The van der Waals surface area contributed by atoms with E-state index in [4.69, 9.17) is 10.3 Å².